The van der Waals surface area contributed by atoms with Gasteiger partial charge in [0, 0.05) is 36.2 Å². The van der Waals surface area contributed by atoms with Crippen molar-refractivity contribution in [1.29, 1.82) is 0 Å². The first-order valence-corrected chi connectivity index (χ1v) is 9.93. The summed E-state index contributed by atoms with van der Waals surface area (Å²) in [6.45, 7) is 0. The average molecular weight is 522 g/mol. The fraction of sp³-hybridized carbons (Fsp3) is 0.176. The number of alkyl halides is 3. The lowest BCUT2D eigenvalue weighted by atomic mass is 10.2. The Labute approximate surface area is 182 Å². The number of nitrogens with one attached hydrogen (secondary N) is 1. The quantitative estimate of drug-likeness (QED) is 0.525. The highest BCUT2D eigenvalue weighted by molar-refractivity contribution is 9.10. The number of hydrogen-bond donors (Lipinski definition) is 1. The van der Waals surface area contributed by atoms with Gasteiger partial charge < -0.3 is 9.88 Å². The largest absolute Gasteiger partial charge is 0.431 e. The molecular formula is C17H12BrF4N5O3S. The number of carbonyl (C=O) groups excluding carboxylic acids is 1. The Morgan fingerprint density at radius 2 is 1.87 bits per heavy atom. The van der Waals surface area contributed by atoms with Crippen LogP contribution in [0, 0.1) is 5.82 Å². The van der Waals surface area contributed by atoms with Crippen molar-refractivity contribution in [1.82, 2.24) is 13.7 Å². The summed E-state index contributed by atoms with van der Waals surface area (Å²) in [6, 6.07) is 1.16. The summed E-state index contributed by atoms with van der Waals surface area (Å²) in [4.78, 5) is 41.1. The summed E-state index contributed by atoms with van der Waals surface area (Å²) in [5.74, 6) is -1.08. The van der Waals surface area contributed by atoms with Crippen molar-refractivity contribution in [2.75, 3.05) is 5.32 Å². The highest BCUT2D eigenvalue weighted by Crippen LogP contribution is 2.29. The van der Waals surface area contributed by atoms with Crippen LogP contribution in [0.25, 0.3) is 5.69 Å². The van der Waals surface area contributed by atoms with Crippen molar-refractivity contribution in [2.45, 2.75) is 6.18 Å². The molecule has 1 N–H and O–H groups in total. The fourth-order valence-corrected chi connectivity index (χ4v) is 3.73. The van der Waals surface area contributed by atoms with E-state index in [0.29, 0.717) is 4.80 Å². The number of nitrogens with zero attached hydrogens (tertiary/aromatic N) is 4. The van der Waals surface area contributed by atoms with Crippen molar-refractivity contribution in [2.24, 2.45) is 19.1 Å². The van der Waals surface area contributed by atoms with Crippen molar-refractivity contribution in [3.05, 3.63) is 71.4 Å². The maximum Gasteiger partial charge on any atom is 0.431 e. The van der Waals surface area contributed by atoms with Gasteiger partial charge in [-0.1, -0.05) is 0 Å². The molecule has 0 radical (unpaired) electrons. The van der Waals surface area contributed by atoms with Gasteiger partial charge in [-0.3, -0.25) is 9.36 Å². The van der Waals surface area contributed by atoms with Crippen molar-refractivity contribution < 1.29 is 22.4 Å². The second-order valence-corrected chi connectivity index (χ2v) is 7.89. The molecule has 0 saturated heterocycles. The third kappa shape index (κ3) is 4.54. The monoisotopic (exact) mass is 521 g/mol. The van der Waals surface area contributed by atoms with E-state index in [1.165, 1.54) is 11.3 Å². The predicted octanol–water partition coefficient (Wildman–Crippen LogP) is 2.99. The first-order valence-electron chi connectivity index (χ1n) is 8.25. The minimum absolute atomic E-state index is 0.0572. The Morgan fingerprint density at radius 3 is 2.45 bits per heavy atom. The third-order valence-electron chi connectivity index (χ3n) is 4.09. The van der Waals surface area contributed by atoms with E-state index in [1.54, 1.807) is 23.2 Å². The minimum Gasteiger partial charge on any atom is -0.327 e. The Bertz CT molecular complexity index is 1370. The zero-order valence-electron chi connectivity index (χ0n) is 15.7. The van der Waals surface area contributed by atoms with Gasteiger partial charge in [0.05, 0.1) is 11.4 Å². The number of halogens is 5. The Hall–Kier alpha value is -3.00. The van der Waals surface area contributed by atoms with Crippen LogP contribution in [-0.4, -0.2) is 19.7 Å². The normalized spacial score (nSPS) is 12.3. The smallest absolute Gasteiger partial charge is 0.327 e. The van der Waals surface area contributed by atoms with Gasteiger partial charge in [-0.05, 0) is 28.1 Å². The molecule has 0 aliphatic heterocycles. The number of thiazole rings is 1. The number of amides is 2. The first kappa shape index (κ1) is 22.7. The summed E-state index contributed by atoms with van der Waals surface area (Å²) in [5, 5.41) is 4.07. The molecule has 0 fully saturated rings. The summed E-state index contributed by atoms with van der Waals surface area (Å²) in [7, 11) is 2.47. The maximum atomic E-state index is 14.5. The minimum atomic E-state index is -4.96. The standard InChI is InChI=1S/C17H12BrF4N5O3S/c1-25-3-4-31-15(25)24-14(29)23-10-6-11(9(19)5-8(10)18)27-13(28)7-12(17(20,21)22)26(2)16(27)30/h3-7H,1-2H3,(H,23,29)/b24-15-. The second kappa shape index (κ2) is 8.26. The van der Waals surface area contributed by atoms with E-state index in [0.717, 1.165) is 19.2 Å². The van der Waals surface area contributed by atoms with E-state index in [9.17, 15) is 31.9 Å². The zero-order chi connectivity index (χ0) is 23.1. The molecule has 2 aromatic heterocycles. The number of hydrogen-bond acceptors (Lipinski definition) is 4. The van der Waals surface area contributed by atoms with Crippen molar-refractivity contribution >= 4 is 39.0 Å². The molecule has 1 aromatic carbocycles. The van der Waals surface area contributed by atoms with Crippen LogP contribution in [0.4, 0.5) is 28.0 Å². The van der Waals surface area contributed by atoms with E-state index >= 15 is 0 Å². The first-order chi connectivity index (χ1) is 14.4. The number of carbonyl (C=O) groups is 1. The zero-order valence-corrected chi connectivity index (χ0v) is 18.1. The molecular weight excluding hydrogens is 510 g/mol. The number of anilines is 1. The van der Waals surface area contributed by atoms with Crippen LogP contribution in [0.3, 0.4) is 0 Å². The van der Waals surface area contributed by atoms with Crippen molar-refractivity contribution in [3.8, 4) is 5.69 Å². The summed E-state index contributed by atoms with van der Waals surface area (Å²) in [5.41, 5.74) is -4.97. The number of urea groups is 1. The van der Waals surface area contributed by atoms with Crippen LogP contribution in [-0.2, 0) is 20.3 Å². The van der Waals surface area contributed by atoms with Gasteiger partial charge in [-0.25, -0.2) is 18.5 Å². The Balaban J connectivity index is 2.12. The molecule has 164 valence electrons. The maximum absolute atomic E-state index is 14.5. The topological polar surface area (TPSA) is 90.4 Å². The lowest BCUT2D eigenvalue weighted by molar-refractivity contribution is -0.144. The van der Waals surface area contributed by atoms with Crippen LogP contribution in [0.2, 0.25) is 0 Å². The second-order valence-electron chi connectivity index (χ2n) is 6.16. The molecule has 8 nitrogen and oxygen atoms in total. The molecule has 31 heavy (non-hydrogen) atoms. The number of rotatable bonds is 2. The number of benzene rings is 1. The van der Waals surface area contributed by atoms with E-state index in [2.05, 4.69) is 26.2 Å². The van der Waals surface area contributed by atoms with Crippen LogP contribution in [0.15, 0.2) is 48.8 Å². The van der Waals surface area contributed by atoms with Gasteiger partial charge in [-0.15, -0.1) is 11.3 Å². The van der Waals surface area contributed by atoms with E-state index < -0.39 is 40.7 Å². The highest BCUT2D eigenvalue weighted by atomic mass is 79.9. The summed E-state index contributed by atoms with van der Waals surface area (Å²) in [6.07, 6.45) is -3.28. The third-order valence-corrected chi connectivity index (χ3v) is 5.59. The summed E-state index contributed by atoms with van der Waals surface area (Å²) < 4.78 is 55.7. The van der Waals surface area contributed by atoms with Gasteiger partial charge in [0.1, 0.15) is 11.5 Å². The molecule has 0 aliphatic carbocycles. The van der Waals surface area contributed by atoms with Crippen LogP contribution < -0.4 is 21.4 Å². The van der Waals surface area contributed by atoms with E-state index in [-0.39, 0.29) is 25.4 Å². The van der Waals surface area contributed by atoms with Gasteiger partial charge in [0.25, 0.3) is 5.56 Å². The molecule has 0 unspecified atom stereocenters. The van der Waals surface area contributed by atoms with Gasteiger partial charge >= 0.3 is 17.9 Å². The highest BCUT2D eigenvalue weighted by Gasteiger charge is 2.35. The SMILES string of the molecule is Cn1c(C(F)(F)F)cc(=O)n(-c2cc(NC(=O)/N=c3\sccn3C)c(Br)cc2F)c1=O. The average Bonchev–Trinajstić information content (AvgIpc) is 3.05. The molecule has 3 aromatic rings. The van der Waals surface area contributed by atoms with Crippen LogP contribution >= 0.6 is 27.3 Å². The molecule has 2 heterocycles. The van der Waals surface area contributed by atoms with Gasteiger partial charge in [-0.2, -0.15) is 18.2 Å². The van der Waals surface area contributed by atoms with Crippen molar-refractivity contribution in [3.63, 3.8) is 0 Å². The molecule has 14 heteroatoms. The fourth-order valence-electron chi connectivity index (χ4n) is 2.59. The predicted molar refractivity (Wildman–Crippen MR) is 108 cm³/mol. The lowest BCUT2D eigenvalue weighted by Gasteiger charge is -2.15. The van der Waals surface area contributed by atoms with Crippen LogP contribution in [0.1, 0.15) is 5.69 Å². The molecule has 0 spiro atoms. The molecule has 0 atom stereocenters. The van der Waals surface area contributed by atoms with E-state index in [4.69, 9.17) is 0 Å². The molecule has 0 aliphatic rings. The number of aromatic nitrogens is 3. The summed E-state index contributed by atoms with van der Waals surface area (Å²) >= 11 is 4.23. The van der Waals surface area contributed by atoms with Crippen LogP contribution in [0.5, 0.6) is 0 Å². The van der Waals surface area contributed by atoms with E-state index in [1.807, 2.05) is 0 Å². The number of aryl methyl sites for hydroxylation is 1. The molecule has 0 saturated carbocycles. The molecule has 2 amide bonds. The Morgan fingerprint density at radius 1 is 1.19 bits per heavy atom. The lowest BCUT2D eigenvalue weighted by Crippen LogP contribution is -2.41. The molecule has 3 rings (SSSR count). The van der Waals surface area contributed by atoms with Gasteiger partial charge in [0.15, 0.2) is 4.80 Å². The Kier molecular flexibility index (Phi) is 6.04. The van der Waals surface area contributed by atoms with Gasteiger partial charge in [0.2, 0.25) is 0 Å². The molecule has 0 bridgehead atoms.